The molecule has 0 bridgehead atoms. The number of benzene rings is 1. The van der Waals surface area contributed by atoms with Crippen molar-refractivity contribution >= 4 is 28.0 Å². The van der Waals surface area contributed by atoms with E-state index in [-0.39, 0.29) is 5.78 Å². The molecule has 0 radical (unpaired) electrons. The summed E-state index contributed by atoms with van der Waals surface area (Å²) in [6.07, 6.45) is 3.54. The van der Waals surface area contributed by atoms with E-state index in [4.69, 9.17) is 4.98 Å². The molecule has 0 aliphatic carbocycles. The second-order valence-electron chi connectivity index (χ2n) is 8.52. The van der Waals surface area contributed by atoms with E-state index in [1.165, 1.54) is 16.9 Å². The molecule has 0 spiro atoms. The molecule has 0 amide bonds. The minimum atomic E-state index is 0.0482. The largest absolute Gasteiger partial charge is 0.304 e. The Kier molecular flexibility index (Phi) is 5.58. The summed E-state index contributed by atoms with van der Waals surface area (Å²) in [6.45, 7) is 8.27. The highest BCUT2D eigenvalue weighted by Gasteiger charge is 2.25. The lowest BCUT2D eigenvalue weighted by molar-refractivity contribution is 0.0873. The van der Waals surface area contributed by atoms with Gasteiger partial charge in [-0.25, -0.2) is 4.98 Å². The van der Waals surface area contributed by atoms with E-state index in [0.717, 1.165) is 63.8 Å². The molecule has 1 aromatic carbocycles. The van der Waals surface area contributed by atoms with Gasteiger partial charge in [-0.15, -0.1) is 11.3 Å². The van der Waals surface area contributed by atoms with Crippen molar-refractivity contribution in [2.45, 2.75) is 13.8 Å². The van der Waals surface area contributed by atoms with Crippen molar-refractivity contribution in [2.75, 3.05) is 39.8 Å². The number of carbonyl (C=O) groups excluding carboxylic acids is 1. The molecular weight excluding hydrogens is 420 g/mol. The summed E-state index contributed by atoms with van der Waals surface area (Å²) < 4.78 is 0. The molecule has 8 heteroatoms. The number of hydrogen-bond donors (Lipinski definition) is 1. The predicted molar refractivity (Wildman–Crippen MR) is 128 cm³/mol. The van der Waals surface area contributed by atoms with Crippen LogP contribution in [0.1, 0.15) is 21.6 Å². The molecule has 4 aromatic rings. The maximum absolute atomic E-state index is 13.4. The Morgan fingerprint density at radius 1 is 1.19 bits per heavy atom. The van der Waals surface area contributed by atoms with Crippen LogP contribution < -0.4 is 0 Å². The van der Waals surface area contributed by atoms with E-state index < -0.39 is 0 Å². The molecule has 3 aromatic heterocycles. The van der Waals surface area contributed by atoms with E-state index in [1.54, 1.807) is 12.4 Å². The van der Waals surface area contributed by atoms with Crippen molar-refractivity contribution in [1.82, 2.24) is 30.0 Å². The number of nitrogens with one attached hydrogen (secondary N) is 1. The number of likely N-dealkylation sites (N-methyl/N-ethyl adjacent to an activating group) is 1. The lowest BCUT2D eigenvalue weighted by Gasteiger charge is -2.31. The van der Waals surface area contributed by atoms with E-state index >= 15 is 0 Å². The van der Waals surface area contributed by atoms with E-state index in [2.05, 4.69) is 58.0 Å². The minimum absolute atomic E-state index is 0.0482. The molecule has 7 nitrogen and oxygen atoms in total. The van der Waals surface area contributed by atoms with Gasteiger partial charge in [-0.3, -0.25) is 19.8 Å². The Morgan fingerprint density at radius 2 is 2.00 bits per heavy atom. The zero-order chi connectivity index (χ0) is 22.2. The first-order chi connectivity index (χ1) is 15.5. The molecule has 0 saturated carbocycles. The van der Waals surface area contributed by atoms with Gasteiger partial charge in [-0.1, -0.05) is 17.7 Å². The number of fused-ring (bicyclic) bond motifs is 1. The van der Waals surface area contributed by atoms with Crippen LogP contribution in [0.5, 0.6) is 0 Å². The summed E-state index contributed by atoms with van der Waals surface area (Å²) in [5, 5.41) is 9.51. The number of carbonyl (C=O) groups is 1. The molecule has 1 N–H and O–H groups in total. The van der Waals surface area contributed by atoms with Crippen molar-refractivity contribution in [1.29, 1.82) is 0 Å². The number of thiazole rings is 1. The quantitative estimate of drug-likeness (QED) is 0.470. The van der Waals surface area contributed by atoms with E-state index in [9.17, 15) is 4.79 Å². The zero-order valence-electron chi connectivity index (χ0n) is 18.6. The van der Waals surface area contributed by atoms with Crippen molar-refractivity contribution in [3.8, 4) is 21.1 Å². The molecule has 0 atom stereocenters. The number of H-pyrrole nitrogens is 1. The molecule has 1 saturated heterocycles. The minimum Gasteiger partial charge on any atom is -0.304 e. The number of nitrogens with zero attached hydrogens (tertiary/aromatic N) is 5. The topological polar surface area (TPSA) is 78.0 Å². The number of Topliss-reactive ketones (excluding diaryl/α,β-unsaturated/α-hetero) is 1. The zero-order valence-corrected chi connectivity index (χ0v) is 19.4. The molecule has 0 unspecified atom stereocenters. The molecule has 4 heterocycles. The molecule has 1 fully saturated rings. The van der Waals surface area contributed by atoms with Crippen molar-refractivity contribution in [3.63, 3.8) is 0 Å². The smallest absolute Gasteiger partial charge is 0.196 e. The lowest BCUT2D eigenvalue weighted by Crippen LogP contribution is -2.46. The van der Waals surface area contributed by atoms with Gasteiger partial charge in [0.1, 0.15) is 16.4 Å². The van der Waals surface area contributed by atoms with E-state index in [0.29, 0.717) is 12.2 Å². The fourth-order valence-electron chi connectivity index (χ4n) is 4.23. The fraction of sp³-hybridized carbons (Fsp3) is 0.333. The van der Waals surface area contributed by atoms with Gasteiger partial charge >= 0.3 is 0 Å². The Balaban J connectivity index is 1.56. The van der Waals surface area contributed by atoms with Crippen LogP contribution >= 0.6 is 11.3 Å². The molecule has 32 heavy (non-hydrogen) atoms. The summed E-state index contributed by atoms with van der Waals surface area (Å²) in [4.78, 5) is 27.9. The first kappa shape index (κ1) is 20.9. The molecule has 5 rings (SSSR count). The normalized spacial score (nSPS) is 15.5. The highest BCUT2D eigenvalue weighted by molar-refractivity contribution is 7.18. The first-order valence-electron chi connectivity index (χ1n) is 10.8. The third kappa shape index (κ3) is 3.97. The lowest BCUT2D eigenvalue weighted by atomic mass is 10.1. The average Bonchev–Trinajstić information content (AvgIpc) is 3.40. The molecule has 1 aliphatic rings. The molecule has 1 aliphatic heterocycles. The number of aryl methyl sites for hydroxylation is 2. The summed E-state index contributed by atoms with van der Waals surface area (Å²) in [5.74, 6) is 0.0482. The summed E-state index contributed by atoms with van der Waals surface area (Å²) >= 11 is 1.52. The number of piperazine rings is 1. The number of rotatable bonds is 5. The van der Waals surface area contributed by atoms with Gasteiger partial charge in [0.05, 0.1) is 16.9 Å². The average molecular weight is 447 g/mol. The number of hydrogen-bond acceptors (Lipinski definition) is 7. The SMILES string of the molecule is Cc1cc(C)c2n[nH]c(-c3nc(C(=O)CN4CCN(C)CC4)c(-c4cccnc4)s3)c2c1. The van der Waals surface area contributed by atoms with Crippen LogP contribution in [0.2, 0.25) is 0 Å². The Morgan fingerprint density at radius 3 is 2.75 bits per heavy atom. The molecule has 164 valence electrons. The number of aromatic nitrogens is 4. The van der Waals surface area contributed by atoms with Crippen LogP contribution in [0.15, 0.2) is 36.7 Å². The van der Waals surface area contributed by atoms with Crippen molar-refractivity contribution in [3.05, 3.63) is 53.5 Å². The fourth-order valence-corrected chi connectivity index (χ4v) is 5.31. The van der Waals surface area contributed by atoms with Gasteiger partial charge in [0.2, 0.25) is 0 Å². The highest BCUT2D eigenvalue weighted by atomic mass is 32.1. The Bertz CT molecular complexity index is 1270. The Hall–Kier alpha value is -2.94. The van der Waals surface area contributed by atoms with Crippen LogP contribution in [0, 0.1) is 13.8 Å². The van der Waals surface area contributed by atoms with Gasteiger partial charge < -0.3 is 4.90 Å². The second kappa shape index (κ2) is 8.54. The monoisotopic (exact) mass is 446 g/mol. The third-order valence-corrected chi connectivity index (χ3v) is 7.11. The summed E-state index contributed by atoms with van der Waals surface area (Å²) in [5.41, 5.74) is 5.53. The predicted octanol–water partition coefficient (Wildman–Crippen LogP) is 3.80. The van der Waals surface area contributed by atoms with Crippen molar-refractivity contribution < 1.29 is 4.79 Å². The van der Waals surface area contributed by atoms with Crippen LogP contribution in [-0.2, 0) is 0 Å². The maximum Gasteiger partial charge on any atom is 0.196 e. The summed E-state index contributed by atoms with van der Waals surface area (Å²) in [6, 6.07) is 8.12. The number of pyridine rings is 1. The highest BCUT2D eigenvalue weighted by Crippen LogP contribution is 2.38. The van der Waals surface area contributed by atoms with Gasteiger partial charge in [-0.05, 0) is 38.6 Å². The van der Waals surface area contributed by atoms with Crippen molar-refractivity contribution in [2.24, 2.45) is 0 Å². The number of aromatic amines is 1. The van der Waals surface area contributed by atoms with Crippen LogP contribution in [0.4, 0.5) is 0 Å². The third-order valence-electron chi connectivity index (χ3n) is 5.99. The van der Waals surface area contributed by atoms with Gasteiger partial charge in [0.25, 0.3) is 0 Å². The summed E-state index contributed by atoms with van der Waals surface area (Å²) in [7, 11) is 2.12. The van der Waals surface area contributed by atoms with Crippen LogP contribution in [0.25, 0.3) is 32.0 Å². The van der Waals surface area contributed by atoms with Crippen LogP contribution in [-0.4, -0.2) is 75.5 Å². The number of ketones is 1. The molecular formula is C24H26N6OS. The van der Waals surface area contributed by atoms with Gasteiger partial charge in [0.15, 0.2) is 5.78 Å². The Labute approximate surface area is 191 Å². The standard InChI is InChI=1S/C24H26N6OS/c1-15-11-16(2)20-18(12-15)21(28-27-20)24-26-22(23(32-24)17-5-4-6-25-13-17)19(31)14-30-9-7-29(3)8-10-30/h4-6,11-13H,7-10,14H2,1-3H3,(H,27,28). The second-order valence-corrected chi connectivity index (χ2v) is 9.52. The maximum atomic E-state index is 13.4. The van der Waals surface area contributed by atoms with Gasteiger partial charge in [-0.2, -0.15) is 5.10 Å². The van der Waals surface area contributed by atoms with Crippen LogP contribution in [0.3, 0.4) is 0 Å². The first-order valence-corrected chi connectivity index (χ1v) is 11.6. The van der Waals surface area contributed by atoms with Gasteiger partial charge in [0, 0.05) is 49.5 Å². The van der Waals surface area contributed by atoms with E-state index in [1.807, 2.05) is 12.1 Å².